The Morgan fingerprint density at radius 3 is 2.67 bits per heavy atom. The lowest BCUT2D eigenvalue weighted by atomic mass is 10.1. The number of phenolic OH excluding ortho intramolecular Hbond substituents is 1. The molecule has 0 saturated heterocycles. The highest BCUT2D eigenvalue weighted by Crippen LogP contribution is 2.26. The van der Waals surface area contributed by atoms with Gasteiger partial charge in [0.25, 0.3) is 0 Å². The van der Waals surface area contributed by atoms with Gasteiger partial charge in [0, 0.05) is 12.7 Å². The van der Waals surface area contributed by atoms with E-state index in [1.807, 2.05) is 0 Å². The normalized spacial score (nSPS) is 10.2. The molecule has 0 bridgehead atoms. The topological polar surface area (TPSA) is 40.5 Å². The van der Waals surface area contributed by atoms with Crippen LogP contribution in [0.15, 0.2) is 12.1 Å². The number of hydrogen-bond acceptors (Lipinski definition) is 2. The molecule has 0 aliphatic carbocycles. The molecule has 0 aliphatic heterocycles. The van der Waals surface area contributed by atoms with Crippen LogP contribution in [0.25, 0.3) is 0 Å². The summed E-state index contributed by atoms with van der Waals surface area (Å²) in [5.74, 6) is -0.832. The van der Waals surface area contributed by atoms with Crippen LogP contribution < -0.4 is 0 Å². The Bertz CT molecular complexity index is 289. The molecule has 12 heavy (non-hydrogen) atoms. The second-order valence-corrected chi connectivity index (χ2v) is 2.78. The maximum atomic E-state index is 12.9. The molecule has 0 saturated carbocycles. The lowest BCUT2D eigenvalue weighted by Crippen LogP contribution is -1.94. The molecular formula is C8H8ClFO2. The van der Waals surface area contributed by atoms with Crippen LogP contribution in [0.3, 0.4) is 0 Å². The number of aliphatic hydroxyl groups excluding tert-OH is 1. The third-order valence-electron chi connectivity index (χ3n) is 1.50. The van der Waals surface area contributed by atoms with E-state index in [4.69, 9.17) is 21.8 Å². The maximum Gasteiger partial charge on any atom is 0.137 e. The van der Waals surface area contributed by atoms with Gasteiger partial charge in [0.05, 0.1) is 5.02 Å². The first kappa shape index (κ1) is 9.29. The molecule has 0 aliphatic rings. The summed E-state index contributed by atoms with van der Waals surface area (Å²) < 4.78 is 12.9. The lowest BCUT2D eigenvalue weighted by molar-refractivity contribution is 0.297. The highest BCUT2D eigenvalue weighted by molar-refractivity contribution is 6.32. The van der Waals surface area contributed by atoms with E-state index in [-0.39, 0.29) is 23.8 Å². The number of aromatic hydroxyl groups is 1. The molecule has 0 heterocycles. The van der Waals surface area contributed by atoms with Gasteiger partial charge in [-0.1, -0.05) is 11.6 Å². The third-order valence-corrected chi connectivity index (χ3v) is 1.80. The summed E-state index contributed by atoms with van der Waals surface area (Å²) in [5, 5.41) is 17.6. The maximum absolute atomic E-state index is 12.9. The average Bonchev–Trinajstić information content (AvgIpc) is 2.01. The van der Waals surface area contributed by atoms with Gasteiger partial charge in [-0.05, 0) is 18.1 Å². The van der Waals surface area contributed by atoms with Crippen molar-refractivity contribution in [3.8, 4) is 5.75 Å². The van der Waals surface area contributed by atoms with Crippen molar-refractivity contribution in [1.82, 2.24) is 0 Å². The zero-order valence-electron chi connectivity index (χ0n) is 6.22. The summed E-state index contributed by atoms with van der Waals surface area (Å²) in [6, 6.07) is 2.25. The Morgan fingerprint density at radius 1 is 1.42 bits per heavy atom. The minimum absolute atomic E-state index is 0.0971. The minimum Gasteiger partial charge on any atom is -0.506 e. The molecule has 66 valence electrons. The van der Waals surface area contributed by atoms with E-state index in [1.54, 1.807) is 0 Å². The van der Waals surface area contributed by atoms with Gasteiger partial charge < -0.3 is 10.2 Å². The van der Waals surface area contributed by atoms with E-state index in [0.29, 0.717) is 5.56 Å². The van der Waals surface area contributed by atoms with Crippen LogP contribution in [-0.4, -0.2) is 16.8 Å². The second-order valence-electron chi connectivity index (χ2n) is 2.37. The van der Waals surface area contributed by atoms with Crippen molar-refractivity contribution in [1.29, 1.82) is 0 Å². The monoisotopic (exact) mass is 190 g/mol. The molecule has 0 unspecified atom stereocenters. The number of phenols is 1. The van der Waals surface area contributed by atoms with Crippen LogP contribution in [0.2, 0.25) is 5.02 Å². The summed E-state index contributed by atoms with van der Waals surface area (Å²) in [6.45, 7) is -0.141. The molecule has 0 spiro atoms. The smallest absolute Gasteiger partial charge is 0.137 e. The number of rotatable bonds is 2. The summed E-state index contributed by atoms with van der Waals surface area (Å²) >= 11 is 5.52. The van der Waals surface area contributed by atoms with Crippen LogP contribution in [0.1, 0.15) is 5.56 Å². The van der Waals surface area contributed by atoms with Gasteiger partial charge >= 0.3 is 0 Å². The fourth-order valence-corrected chi connectivity index (χ4v) is 1.08. The Balaban J connectivity index is 3.05. The molecule has 2 nitrogen and oxygen atoms in total. The van der Waals surface area contributed by atoms with Gasteiger partial charge in [-0.2, -0.15) is 0 Å². The van der Waals surface area contributed by atoms with Crippen LogP contribution in [-0.2, 0) is 6.42 Å². The van der Waals surface area contributed by atoms with E-state index in [0.717, 1.165) is 6.07 Å². The molecular weight excluding hydrogens is 183 g/mol. The third kappa shape index (κ3) is 1.87. The largest absolute Gasteiger partial charge is 0.506 e. The van der Waals surface area contributed by atoms with Gasteiger partial charge in [0.1, 0.15) is 11.6 Å². The zero-order valence-corrected chi connectivity index (χ0v) is 6.98. The van der Waals surface area contributed by atoms with Crippen molar-refractivity contribution in [2.24, 2.45) is 0 Å². The van der Waals surface area contributed by atoms with Crippen molar-refractivity contribution < 1.29 is 14.6 Å². The Hall–Kier alpha value is -0.800. The number of halogens is 2. The van der Waals surface area contributed by atoms with Crippen LogP contribution in [0.4, 0.5) is 4.39 Å². The molecule has 0 amide bonds. The number of benzene rings is 1. The summed E-state index contributed by atoms with van der Waals surface area (Å²) in [6.07, 6.45) is 0.200. The predicted octanol–water partition coefficient (Wildman–Crippen LogP) is 1.72. The summed E-state index contributed by atoms with van der Waals surface area (Å²) in [4.78, 5) is 0. The fourth-order valence-electron chi connectivity index (χ4n) is 0.890. The molecule has 1 aromatic rings. The number of aliphatic hydroxyl groups is 1. The van der Waals surface area contributed by atoms with E-state index in [9.17, 15) is 4.39 Å². The second kappa shape index (κ2) is 3.74. The summed E-state index contributed by atoms with van der Waals surface area (Å²) in [7, 11) is 0. The predicted molar refractivity (Wildman–Crippen MR) is 43.9 cm³/mol. The van der Waals surface area contributed by atoms with Gasteiger partial charge in [-0.3, -0.25) is 0 Å². The highest BCUT2D eigenvalue weighted by atomic mass is 35.5. The van der Waals surface area contributed by atoms with E-state index >= 15 is 0 Å². The van der Waals surface area contributed by atoms with E-state index < -0.39 is 5.82 Å². The first-order valence-electron chi connectivity index (χ1n) is 3.43. The zero-order chi connectivity index (χ0) is 9.14. The average molecular weight is 191 g/mol. The first-order chi connectivity index (χ1) is 5.65. The van der Waals surface area contributed by atoms with Crippen molar-refractivity contribution in [3.05, 3.63) is 28.5 Å². The van der Waals surface area contributed by atoms with Crippen molar-refractivity contribution in [3.63, 3.8) is 0 Å². The molecule has 0 radical (unpaired) electrons. The Morgan fingerprint density at radius 2 is 2.08 bits per heavy atom. The summed E-state index contributed by atoms with van der Waals surface area (Å²) in [5.41, 5.74) is 0.306. The van der Waals surface area contributed by atoms with Crippen LogP contribution in [0.5, 0.6) is 5.75 Å². The lowest BCUT2D eigenvalue weighted by Gasteiger charge is -2.02. The van der Waals surface area contributed by atoms with Gasteiger partial charge in [-0.25, -0.2) is 4.39 Å². The van der Waals surface area contributed by atoms with Crippen molar-refractivity contribution in [2.75, 3.05) is 6.61 Å². The molecule has 1 aromatic carbocycles. The molecule has 1 rings (SSSR count). The van der Waals surface area contributed by atoms with E-state index in [2.05, 4.69) is 0 Å². The molecule has 0 atom stereocenters. The Labute approximate surface area is 74.2 Å². The van der Waals surface area contributed by atoms with Gasteiger partial charge in [0.15, 0.2) is 0 Å². The van der Waals surface area contributed by atoms with Gasteiger partial charge in [0.2, 0.25) is 0 Å². The standard InChI is InChI=1S/C8H8ClFO2/c9-6-3-5(1-2-11)7(10)4-8(6)12/h3-4,11-12H,1-2H2. The molecule has 4 heteroatoms. The first-order valence-corrected chi connectivity index (χ1v) is 3.80. The Kier molecular flexibility index (Phi) is 2.89. The van der Waals surface area contributed by atoms with E-state index in [1.165, 1.54) is 6.07 Å². The van der Waals surface area contributed by atoms with Gasteiger partial charge in [-0.15, -0.1) is 0 Å². The van der Waals surface area contributed by atoms with Crippen LogP contribution >= 0.6 is 11.6 Å². The molecule has 0 aromatic heterocycles. The molecule has 2 N–H and O–H groups in total. The van der Waals surface area contributed by atoms with Crippen LogP contribution in [0, 0.1) is 5.82 Å². The highest BCUT2D eigenvalue weighted by Gasteiger charge is 2.06. The van der Waals surface area contributed by atoms with Crippen molar-refractivity contribution in [2.45, 2.75) is 6.42 Å². The fraction of sp³-hybridized carbons (Fsp3) is 0.250. The number of hydrogen-bond donors (Lipinski definition) is 2. The SMILES string of the molecule is OCCc1cc(Cl)c(O)cc1F. The van der Waals surface area contributed by atoms with Crippen molar-refractivity contribution >= 4 is 11.6 Å². The molecule has 0 fully saturated rings. The quantitative estimate of drug-likeness (QED) is 0.746. The minimum atomic E-state index is -0.550.